The SMILES string of the molecule is CNC(=O)C1CNCCN1Cc1cn(C)nn1. The first kappa shape index (κ1) is 12.0. The van der Waals surface area contributed by atoms with Crippen LogP contribution in [0.4, 0.5) is 0 Å². The molecular formula is C10H18N6O. The van der Waals surface area contributed by atoms with Gasteiger partial charge < -0.3 is 10.6 Å². The molecular weight excluding hydrogens is 220 g/mol. The Kier molecular flexibility index (Phi) is 3.70. The van der Waals surface area contributed by atoms with Crippen LogP contribution in [0.25, 0.3) is 0 Å². The summed E-state index contributed by atoms with van der Waals surface area (Å²) in [6.45, 7) is 3.08. The molecule has 1 aliphatic heterocycles. The maximum Gasteiger partial charge on any atom is 0.238 e. The molecule has 0 aromatic carbocycles. The molecule has 17 heavy (non-hydrogen) atoms. The number of carbonyl (C=O) groups is 1. The van der Waals surface area contributed by atoms with Crippen molar-refractivity contribution in [3.8, 4) is 0 Å². The first-order chi connectivity index (χ1) is 8.20. The molecule has 2 N–H and O–H groups in total. The monoisotopic (exact) mass is 238 g/mol. The van der Waals surface area contributed by atoms with Gasteiger partial charge >= 0.3 is 0 Å². The Bertz CT molecular complexity index is 390. The van der Waals surface area contributed by atoms with Gasteiger partial charge in [0.05, 0.1) is 5.69 Å². The fourth-order valence-electron chi connectivity index (χ4n) is 2.04. The van der Waals surface area contributed by atoms with Crippen molar-refractivity contribution in [2.75, 3.05) is 26.7 Å². The van der Waals surface area contributed by atoms with Crippen LogP contribution < -0.4 is 10.6 Å². The molecule has 0 bridgehead atoms. The minimum atomic E-state index is -0.129. The predicted octanol–water partition coefficient (Wildman–Crippen LogP) is -1.67. The highest BCUT2D eigenvalue weighted by Crippen LogP contribution is 2.08. The molecule has 1 saturated heterocycles. The van der Waals surface area contributed by atoms with Crippen LogP contribution in [-0.4, -0.2) is 58.5 Å². The zero-order valence-electron chi connectivity index (χ0n) is 10.2. The van der Waals surface area contributed by atoms with E-state index in [1.54, 1.807) is 11.7 Å². The summed E-state index contributed by atoms with van der Waals surface area (Å²) in [6, 6.07) is -0.129. The summed E-state index contributed by atoms with van der Waals surface area (Å²) in [7, 11) is 3.50. The van der Waals surface area contributed by atoms with Crippen molar-refractivity contribution in [1.82, 2.24) is 30.5 Å². The molecule has 0 radical (unpaired) electrons. The third kappa shape index (κ3) is 2.80. The zero-order valence-corrected chi connectivity index (χ0v) is 10.2. The Balaban J connectivity index is 2.03. The number of likely N-dealkylation sites (N-methyl/N-ethyl adjacent to an activating group) is 1. The van der Waals surface area contributed by atoms with E-state index in [9.17, 15) is 4.79 Å². The van der Waals surface area contributed by atoms with Crippen molar-refractivity contribution in [3.05, 3.63) is 11.9 Å². The van der Waals surface area contributed by atoms with Crippen LogP contribution in [0.5, 0.6) is 0 Å². The Morgan fingerprint density at radius 2 is 2.53 bits per heavy atom. The van der Waals surface area contributed by atoms with Gasteiger partial charge in [0, 0.05) is 46.5 Å². The van der Waals surface area contributed by atoms with Gasteiger partial charge in [-0.3, -0.25) is 14.4 Å². The molecule has 0 saturated carbocycles. The molecule has 2 rings (SSSR count). The van der Waals surface area contributed by atoms with E-state index >= 15 is 0 Å². The molecule has 1 aliphatic rings. The lowest BCUT2D eigenvalue weighted by Gasteiger charge is -2.34. The van der Waals surface area contributed by atoms with E-state index < -0.39 is 0 Å². The molecule has 1 unspecified atom stereocenters. The fraction of sp³-hybridized carbons (Fsp3) is 0.700. The summed E-state index contributed by atoms with van der Waals surface area (Å²) in [5, 5.41) is 13.9. The largest absolute Gasteiger partial charge is 0.358 e. The molecule has 7 nitrogen and oxygen atoms in total. The quantitative estimate of drug-likeness (QED) is 0.659. The first-order valence-corrected chi connectivity index (χ1v) is 5.72. The van der Waals surface area contributed by atoms with Gasteiger partial charge in [0.25, 0.3) is 0 Å². The highest BCUT2D eigenvalue weighted by atomic mass is 16.2. The van der Waals surface area contributed by atoms with Gasteiger partial charge in [-0.05, 0) is 0 Å². The standard InChI is InChI=1S/C10H18N6O/c1-11-10(17)9-5-12-3-4-16(9)7-8-6-15(2)14-13-8/h6,9,12H,3-5,7H2,1-2H3,(H,11,17). The van der Waals surface area contributed by atoms with Crippen LogP contribution in [0.2, 0.25) is 0 Å². The Labute approximate surface area is 100 Å². The fourth-order valence-corrected chi connectivity index (χ4v) is 2.04. The van der Waals surface area contributed by atoms with Crippen LogP contribution >= 0.6 is 0 Å². The van der Waals surface area contributed by atoms with E-state index in [0.29, 0.717) is 13.1 Å². The number of nitrogens with one attached hydrogen (secondary N) is 2. The molecule has 7 heteroatoms. The minimum Gasteiger partial charge on any atom is -0.358 e. The Hall–Kier alpha value is -1.47. The third-order valence-electron chi connectivity index (χ3n) is 2.92. The third-order valence-corrected chi connectivity index (χ3v) is 2.92. The number of aromatic nitrogens is 3. The van der Waals surface area contributed by atoms with E-state index in [2.05, 4.69) is 25.8 Å². The number of hydrogen-bond acceptors (Lipinski definition) is 5. The average Bonchev–Trinajstić information content (AvgIpc) is 2.74. The highest BCUT2D eigenvalue weighted by Gasteiger charge is 2.28. The lowest BCUT2D eigenvalue weighted by molar-refractivity contribution is -0.126. The second-order valence-corrected chi connectivity index (χ2v) is 4.19. The second kappa shape index (κ2) is 5.24. The summed E-state index contributed by atoms with van der Waals surface area (Å²) >= 11 is 0. The van der Waals surface area contributed by atoms with Gasteiger partial charge in [0.2, 0.25) is 5.91 Å². The molecule has 1 fully saturated rings. The Morgan fingerprint density at radius 3 is 3.18 bits per heavy atom. The van der Waals surface area contributed by atoms with Crippen LogP contribution in [0.3, 0.4) is 0 Å². The molecule has 2 heterocycles. The van der Waals surface area contributed by atoms with Crippen LogP contribution in [0.15, 0.2) is 6.20 Å². The average molecular weight is 238 g/mol. The summed E-state index contributed by atoms with van der Waals surface area (Å²) in [5.41, 5.74) is 0.892. The number of piperazine rings is 1. The second-order valence-electron chi connectivity index (χ2n) is 4.19. The van der Waals surface area contributed by atoms with Crippen molar-refractivity contribution < 1.29 is 4.79 Å². The molecule has 0 spiro atoms. The summed E-state index contributed by atoms with van der Waals surface area (Å²) in [5.74, 6) is 0.0427. The topological polar surface area (TPSA) is 75.1 Å². The van der Waals surface area contributed by atoms with Crippen molar-refractivity contribution in [2.45, 2.75) is 12.6 Å². The molecule has 1 amide bonds. The number of carbonyl (C=O) groups excluding carboxylic acids is 1. The van der Waals surface area contributed by atoms with Gasteiger partial charge in [-0.15, -0.1) is 5.10 Å². The van der Waals surface area contributed by atoms with Crippen molar-refractivity contribution in [1.29, 1.82) is 0 Å². The number of nitrogens with zero attached hydrogens (tertiary/aromatic N) is 4. The molecule has 94 valence electrons. The minimum absolute atomic E-state index is 0.0427. The normalized spacial score (nSPS) is 21.4. The van der Waals surface area contributed by atoms with Gasteiger partial charge in [0.15, 0.2) is 0 Å². The lowest BCUT2D eigenvalue weighted by Crippen LogP contribution is -2.56. The molecule has 1 aromatic rings. The van der Waals surface area contributed by atoms with Crippen molar-refractivity contribution >= 4 is 5.91 Å². The van der Waals surface area contributed by atoms with Gasteiger partial charge in [-0.2, -0.15) is 0 Å². The number of amides is 1. The van der Waals surface area contributed by atoms with E-state index in [1.165, 1.54) is 0 Å². The van der Waals surface area contributed by atoms with Gasteiger partial charge in [-0.1, -0.05) is 5.21 Å². The maximum atomic E-state index is 11.7. The number of rotatable bonds is 3. The lowest BCUT2D eigenvalue weighted by atomic mass is 10.1. The van der Waals surface area contributed by atoms with E-state index in [1.807, 2.05) is 13.2 Å². The van der Waals surface area contributed by atoms with Crippen molar-refractivity contribution in [3.63, 3.8) is 0 Å². The summed E-state index contributed by atoms with van der Waals surface area (Å²) < 4.78 is 1.67. The number of aryl methyl sites for hydroxylation is 1. The zero-order chi connectivity index (χ0) is 12.3. The van der Waals surface area contributed by atoms with E-state index in [-0.39, 0.29) is 11.9 Å². The van der Waals surface area contributed by atoms with Crippen LogP contribution in [0, 0.1) is 0 Å². The predicted molar refractivity (Wildman–Crippen MR) is 62.1 cm³/mol. The maximum absolute atomic E-state index is 11.7. The van der Waals surface area contributed by atoms with E-state index in [0.717, 1.165) is 18.8 Å². The Morgan fingerprint density at radius 1 is 1.71 bits per heavy atom. The van der Waals surface area contributed by atoms with Crippen LogP contribution in [0.1, 0.15) is 5.69 Å². The summed E-state index contributed by atoms with van der Waals surface area (Å²) in [6.07, 6.45) is 1.88. The summed E-state index contributed by atoms with van der Waals surface area (Å²) in [4.78, 5) is 13.9. The first-order valence-electron chi connectivity index (χ1n) is 5.72. The molecule has 1 atom stereocenters. The van der Waals surface area contributed by atoms with Gasteiger partial charge in [0.1, 0.15) is 6.04 Å². The van der Waals surface area contributed by atoms with Gasteiger partial charge in [-0.25, -0.2) is 0 Å². The smallest absolute Gasteiger partial charge is 0.238 e. The van der Waals surface area contributed by atoms with Crippen LogP contribution in [-0.2, 0) is 18.4 Å². The van der Waals surface area contributed by atoms with Crippen molar-refractivity contribution in [2.24, 2.45) is 7.05 Å². The molecule has 0 aliphatic carbocycles. The van der Waals surface area contributed by atoms with E-state index in [4.69, 9.17) is 0 Å². The molecule has 1 aromatic heterocycles. The number of hydrogen-bond donors (Lipinski definition) is 2. The highest BCUT2D eigenvalue weighted by molar-refractivity contribution is 5.81.